The van der Waals surface area contributed by atoms with Gasteiger partial charge in [-0.2, -0.15) is 0 Å². The van der Waals surface area contributed by atoms with Crippen LogP contribution in [0.4, 0.5) is 0 Å². The molecule has 0 aromatic heterocycles. The Kier molecular flexibility index (Phi) is 3.65. The van der Waals surface area contributed by atoms with Crippen LogP contribution in [0.2, 0.25) is 0 Å². The number of hydrogen-bond acceptors (Lipinski definition) is 3. The second kappa shape index (κ2) is 4.34. The van der Waals surface area contributed by atoms with Gasteiger partial charge in [-0.15, -0.1) is 0 Å². The summed E-state index contributed by atoms with van der Waals surface area (Å²) < 4.78 is 0. The van der Waals surface area contributed by atoms with Crippen molar-refractivity contribution in [2.24, 2.45) is 5.92 Å². The zero-order valence-corrected chi connectivity index (χ0v) is 10.9. The van der Waals surface area contributed by atoms with Crippen LogP contribution in [0.15, 0.2) is 0 Å². The third kappa shape index (κ3) is 2.74. The van der Waals surface area contributed by atoms with Gasteiger partial charge in [0.2, 0.25) is 5.91 Å². The van der Waals surface area contributed by atoms with E-state index in [9.17, 15) is 9.90 Å². The summed E-state index contributed by atoms with van der Waals surface area (Å²) in [6, 6.07) is -0.123. The van der Waals surface area contributed by atoms with Crippen molar-refractivity contribution < 1.29 is 9.90 Å². The topological polar surface area (TPSA) is 61.4 Å². The lowest BCUT2D eigenvalue weighted by Crippen LogP contribution is -2.61. The highest BCUT2D eigenvalue weighted by Crippen LogP contribution is 2.22. The Morgan fingerprint density at radius 3 is 2.31 bits per heavy atom. The highest BCUT2D eigenvalue weighted by molar-refractivity contribution is 5.83. The van der Waals surface area contributed by atoms with Gasteiger partial charge in [0, 0.05) is 0 Å². The first kappa shape index (κ1) is 13.5. The van der Waals surface area contributed by atoms with Gasteiger partial charge in [-0.05, 0) is 46.6 Å². The molecular weight excluding hydrogens is 204 g/mol. The number of carbonyl (C=O) groups is 1. The first-order chi connectivity index (χ1) is 7.15. The number of rotatable bonds is 3. The molecule has 1 rings (SSSR count). The largest absolute Gasteiger partial charge is 0.388 e. The molecule has 2 unspecified atom stereocenters. The molecule has 0 aliphatic carbocycles. The van der Waals surface area contributed by atoms with Crippen LogP contribution in [0.3, 0.4) is 0 Å². The van der Waals surface area contributed by atoms with Crippen LogP contribution >= 0.6 is 0 Å². The van der Waals surface area contributed by atoms with Crippen molar-refractivity contribution in [3.8, 4) is 0 Å². The van der Waals surface area contributed by atoms with Gasteiger partial charge in [0.25, 0.3) is 0 Å². The molecule has 1 amide bonds. The molecule has 1 heterocycles. The van der Waals surface area contributed by atoms with Gasteiger partial charge < -0.3 is 15.7 Å². The van der Waals surface area contributed by atoms with E-state index in [0.717, 1.165) is 13.0 Å². The van der Waals surface area contributed by atoms with Crippen LogP contribution < -0.4 is 10.6 Å². The third-order valence-corrected chi connectivity index (χ3v) is 3.78. The average Bonchev–Trinajstić information content (AvgIpc) is 2.48. The predicted molar refractivity (Wildman–Crippen MR) is 64.1 cm³/mol. The smallest absolute Gasteiger partial charge is 0.237 e. The average molecular weight is 228 g/mol. The zero-order chi connectivity index (χ0) is 12.6. The normalized spacial score (nSPS) is 26.9. The molecule has 0 saturated carbocycles. The summed E-state index contributed by atoms with van der Waals surface area (Å²) >= 11 is 0. The molecule has 16 heavy (non-hydrogen) atoms. The van der Waals surface area contributed by atoms with E-state index in [0.29, 0.717) is 5.92 Å². The van der Waals surface area contributed by atoms with Crippen molar-refractivity contribution in [1.29, 1.82) is 0 Å². The van der Waals surface area contributed by atoms with Crippen molar-refractivity contribution in [1.82, 2.24) is 10.6 Å². The number of amides is 1. The minimum atomic E-state index is -0.940. The molecule has 1 aliphatic heterocycles. The minimum Gasteiger partial charge on any atom is -0.388 e. The zero-order valence-electron chi connectivity index (χ0n) is 10.9. The lowest BCUT2D eigenvalue weighted by Gasteiger charge is -2.39. The molecule has 4 nitrogen and oxygen atoms in total. The summed E-state index contributed by atoms with van der Waals surface area (Å²) in [6.07, 6.45) is 1.03. The second-order valence-corrected chi connectivity index (χ2v) is 5.87. The van der Waals surface area contributed by atoms with E-state index < -0.39 is 11.1 Å². The van der Waals surface area contributed by atoms with E-state index in [2.05, 4.69) is 17.6 Å². The molecular formula is C12H24N2O2. The van der Waals surface area contributed by atoms with Crippen molar-refractivity contribution in [2.45, 2.75) is 58.2 Å². The van der Waals surface area contributed by atoms with Crippen LogP contribution in [0, 0.1) is 5.92 Å². The summed E-state index contributed by atoms with van der Waals surface area (Å²) in [6.45, 7) is 10.1. The van der Waals surface area contributed by atoms with Gasteiger partial charge in [-0.25, -0.2) is 0 Å². The number of hydrogen-bond donors (Lipinski definition) is 3. The molecule has 3 N–H and O–H groups in total. The van der Waals surface area contributed by atoms with Crippen LogP contribution in [0.25, 0.3) is 0 Å². The number of carbonyl (C=O) groups excluding carboxylic acids is 1. The molecule has 94 valence electrons. The second-order valence-electron chi connectivity index (χ2n) is 5.87. The Balaban J connectivity index is 2.64. The monoisotopic (exact) mass is 228 g/mol. The maximum Gasteiger partial charge on any atom is 0.237 e. The fraction of sp³-hybridized carbons (Fsp3) is 0.917. The molecule has 0 aromatic rings. The van der Waals surface area contributed by atoms with E-state index in [1.807, 2.05) is 13.8 Å². The lowest BCUT2D eigenvalue weighted by molar-refractivity contribution is -0.128. The molecule has 0 bridgehead atoms. The summed E-state index contributed by atoms with van der Waals surface area (Å²) in [5, 5.41) is 16.1. The van der Waals surface area contributed by atoms with Gasteiger partial charge in [0.15, 0.2) is 0 Å². The van der Waals surface area contributed by atoms with Crippen molar-refractivity contribution in [3.63, 3.8) is 0 Å². The van der Waals surface area contributed by atoms with Crippen molar-refractivity contribution in [3.05, 3.63) is 0 Å². The van der Waals surface area contributed by atoms with Gasteiger partial charge in [-0.3, -0.25) is 4.79 Å². The number of aliphatic hydroxyl groups is 1. The molecule has 0 radical (unpaired) electrons. The summed E-state index contributed by atoms with van der Waals surface area (Å²) in [5.41, 5.74) is -1.57. The predicted octanol–water partition coefficient (Wildman–Crippen LogP) is 0.650. The Hall–Kier alpha value is -0.610. The SMILES string of the molecule is CC1CCNC1C(=O)NC(C)(C)C(C)(C)O. The maximum atomic E-state index is 12.0. The highest BCUT2D eigenvalue weighted by Gasteiger charge is 2.39. The van der Waals surface area contributed by atoms with E-state index in [1.165, 1.54) is 0 Å². The maximum absolute atomic E-state index is 12.0. The summed E-state index contributed by atoms with van der Waals surface area (Å²) in [7, 11) is 0. The Morgan fingerprint density at radius 2 is 1.94 bits per heavy atom. The van der Waals surface area contributed by atoms with Crippen LogP contribution in [-0.4, -0.2) is 34.7 Å². The third-order valence-electron chi connectivity index (χ3n) is 3.78. The molecule has 1 saturated heterocycles. The first-order valence-corrected chi connectivity index (χ1v) is 5.93. The molecule has 2 atom stereocenters. The van der Waals surface area contributed by atoms with Crippen LogP contribution in [-0.2, 0) is 4.79 Å². The van der Waals surface area contributed by atoms with Gasteiger partial charge in [0.05, 0.1) is 17.2 Å². The van der Waals surface area contributed by atoms with Crippen LogP contribution in [0.5, 0.6) is 0 Å². The quantitative estimate of drug-likeness (QED) is 0.664. The molecule has 4 heteroatoms. The summed E-state index contributed by atoms with van der Waals surface area (Å²) in [4.78, 5) is 12.0. The summed E-state index contributed by atoms with van der Waals surface area (Å²) in [5.74, 6) is 0.342. The van der Waals surface area contributed by atoms with E-state index >= 15 is 0 Å². The van der Waals surface area contributed by atoms with Crippen molar-refractivity contribution in [2.75, 3.05) is 6.54 Å². The van der Waals surface area contributed by atoms with E-state index in [4.69, 9.17) is 0 Å². The molecule has 1 aliphatic rings. The van der Waals surface area contributed by atoms with Gasteiger partial charge in [0.1, 0.15) is 0 Å². The molecule has 0 spiro atoms. The number of nitrogens with one attached hydrogen (secondary N) is 2. The minimum absolute atomic E-state index is 0.0166. The van der Waals surface area contributed by atoms with Crippen molar-refractivity contribution >= 4 is 5.91 Å². The van der Waals surface area contributed by atoms with E-state index in [1.54, 1.807) is 13.8 Å². The fourth-order valence-corrected chi connectivity index (χ4v) is 1.72. The Labute approximate surface area is 97.8 Å². The standard InChI is InChI=1S/C12H24N2O2/c1-8-6-7-13-9(8)10(15)14-11(2,3)12(4,5)16/h8-9,13,16H,6-7H2,1-5H3,(H,14,15). The van der Waals surface area contributed by atoms with Gasteiger partial charge >= 0.3 is 0 Å². The van der Waals surface area contributed by atoms with Gasteiger partial charge in [-0.1, -0.05) is 6.92 Å². The molecule has 0 aromatic carbocycles. The molecule has 1 fully saturated rings. The Morgan fingerprint density at radius 1 is 1.38 bits per heavy atom. The fourth-order valence-electron chi connectivity index (χ4n) is 1.72. The van der Waals surface area contributed by atoms with Crippen LogP contribution in [0.1, 0.15) is 41.0 Å². The first-order valence-electron chi connectivity index (χ1n) is 5.93. The highest BCUT2D eigenvalue weighted by atomic mass is 16.3. The Bertz CT molecular complexity index is 269. The lowest BCUT2D eigenvalue weighted by atomic mass is 9.85. The van der Waals surface area contributed by atoms with E-state index in [-0.39, 0.29) is 11.9 Å².